The molecule has 3 heteroatoms. The second kappa shape index (κ2) is 2.74. The van der Waals surface area contributed by atoms with Crippen LogP contribution in [0.4, 0.5) is 0 Å². The van der Waals surface area contributed by atoms with Crippen molar-refractivity contribution in [1.82, 2.24) is 4.98 Å². The summed E-state index contributed by atoms with van der Waals surface area (Å²) in [6, 6.07) is 1.85. The fraction of sp³-hybridized carbons (Fsp3) is 0.286. The molecular weight excluding hydrogens is 241 g/mol. The van der Waals surface area contributed by atoms with Gasteiger partial charge in [-0.25, -0.2) is 0 Å². The number of hydrogen-bond donors (Lipinski definition) is 1. The van der Waals surface area contributed by atoms with Gasteiger partial charge in [-0.3, -0.25) is 4.98 Å². The average molecular weight is 249 g/mol. The van der Waals surface area contributed by atoms with Gasteiger partial charge in [-0.2, -0.15) is 0 Å². The molecule has 0 saturated heterocycles. The third-order valence-electron chi connectivity index (χ3n) is 1.25. The van der Waals surface area contributed by atoms with Crippen molar-refractivity contribution in [3.63, 3.8) is 0 Å². The van der Waals surface area contributed by atoms with Crippen molar-refractivity contribution in [2.24, 2.45) is 0 Å². The molecule has 1 aromatic heterocycles. The lowest BCUT2D eigenvalue weighted by atomic mass is 10.3. The maximum Gasteiger partial charge on any atom is 0.150 e. The summed E-state index contributed by atoms with van der Waals surface area (Å²) in [5, 5.41) is 9.26. The van der Waals surface area contributed by atoms with Crippen LogP contribution in [0.5, 0.6) is 5.75 Å². The first-order valence-corrected chi connectivity index (χ1v) is 4.02. The highest BCUT2D eigenvalue weighted by Crippen LogP contribution is 2.22. The summed E-state index contributed by atoms with van der Waals surface area (Å²) in [7, 11) is 0. The Kier molecular flexibility index (Phi) is 2.13. The summed E-state index contributed by atoms with van der Waals surface area (Å²) in [6.45, 7) is 3.71. The topological polar surface area (TPSA) is 33.1 Å². The molecule has 0 fully saturated rings. The molecule has 2 nitrogen and oxygen atoms in total. The van der Waals surface area contributed by atoms with Crippen LogP contribution in [0.25, 0.3) is 0 Å². The Morgan fingerprint density at radius 2 is 2.10 bits per heavy atom. The highest BCUT2D eigenvalue weighted by Gasteiger charge is 2.02. The first kappa shape index (κ1) is 7.78. The molecule has 0 atom stereocenters. The lowest BCUT2D eigenvalue weighted by Gasteiger charge is -2.00. The fourth-order valence-corrected chi connectivity index (χ4v) is 1.62. The molecule has 10 heavy (non-hydrogen) atoms. The summed E-state index contributed by atoms with van der Waals surface area (Å²) in [4.78, 5) is 4.08. The number of aryl methyl sites for hydroxylation is 2. The van der Waals surface area contributed by atoms with Gasteiger partial charge in [0.05, 0.1) is 9.26 Å². The van der Waals surface area contributed by atoms with Gasteiger partial charge in [0, 0.05) is 5.69 Å². The normalized spacial score (nSPS) is 9.90. The Balaban J connectivity index is 3.31. The summed E-state index contributed by atoms with van der Waals surface area (Å²) < 4.78 is 0.864. The molecule has 0 spiro atoms. The van der Waals surface area contributed by atoms with Gasteiger partial charge in [0.1, 0.15) is 5.75 Å². The Bertz CT molecular complexity index is 237. The van der Waals surface area contributed by atoms with Crippen LogP contribution in [0.2, 0.25) is 0 Å². The third-order valence-corrected chi connectivity index (χ3v) is 2.07. The van der Waals surface area contributed by atoms with Crippen LogP contribution in [0.3, 0.4) is 0 Å². The molecule has 0 aliphatic rings. The Hall–Kier alpha value is -0.320. The average Bonchev–Trinajstić information content (AvgIpc) is 1.82. The SMILES string of the molecule is Cc1cc(I)c(O)c(C)n1. The van der Waals surface area contributed by atoms with Crippen molar-refractivity contribution in [2.45, 2.75) is 13.8 Å². The van der Waals surface area contributed by atoms with E-state index in [0.29, 0.717) is 11.4 Å². The maximum absolute atomic E-state index is 9.26. The monoisotopic (exact) mass is 249 g/mol. The van der Waals surface area contributed by atoms with Crippen molar-refractivity contribution >= 4 is 22.6 Å². The minimum atomic E-state index is 0.297. The van der Waals surface area contributed by atoms with E-state index in [1.165, 1.54) is 0 Å². The maximum atomic E-state index is 9.26. The Morgan fingerprint density at radius 3 is 2.60 bits per heavy atom. The van der Waals surface area contributed by atoms with Gasteiger partial charge in [-0.1, -0.05) is 0 Å². The highest BCUT2D eigenvalue weighted by molar-refractivity contribution is 14.1. The third kappa shape index (κ3) is 1.39. The van der Waals surface area contributed by atoms with Crippen LogP contribution in [0.15, 0.2) is 6.07 Å². The fourth-order valence-electron chi connectivity index (χ4n) is 0.774. The molecule has 0 unspecified atom stereocenters. The summed E-state index contributed by atoms with van der Waals surface area (Å²) >= 11 is 2.09. The van der Waals surface area contributed by atoms with E-state index in [1.54, 1.807) is 6.92 Å². The molecule has 1 aromatic rings. The summed E-state index contributed by atoms with van der Waals surface area (Å²) in [6.07, 6.45) is 0. The lowest BCUT2D eigenvalue weighted by molar-refractivity contribution is 0.463. The van der Waals surface area contributed by atoms with Gasteiger partial charge in [-0.05, 0) is 42.5 Å². The summed E-state index contributed by atoms with van der Waals surface area (Å²) in [5.41, 5.74) is 1.64. The van der Waals surface area contributed by atoms with E-state index in [2.05, 4.69) is 27.6 Å². The molecule has 0 amide bonds. The van der Waals surface area contributed by atoms with Gasteiger partial charge in [0.25, 0.3) is 0 Å². The van der Waals surface area contributed by atoms with Crippen LogP contribution in [-0.4, -0.2) is 10.1 Å². The number of aromatic nitrogens is 1. The van der Waals surface area contributed by atoms with Gasteiger partial charge < -0.3 is 5.11 Å². The molecule has 54 valence electrons. The molecule has 0 saturated carbocycles. The zero-order valence-corrected chi connectivity index (χ0v) is 8.01. The highest BCUT2D eigenvalue weighted by atomic mass is 127. The number of rotatable bonds is 0. The molecule has 0 aliphatic carbocycles. The molecule has 1 rings (SSSR count). The first-order chi connectivity index (χ1) is 4.61. The second-order valence-corrected chi connectivity index (χ2v) is 3.34. The quantitative estimate of drug-likeness (QED) is 0.713. The van der Waals surface area contributed by atoms with E-state index in [4.69, 9.17) is 0 Å². The number of pyridine rings is 1. The predicted molar refractivity (Wildman–Crippen MR) is 48.1 cm³/mol. The number of nitrogens with zero attached hydrogens (tertiary/aromatic N) is 1. The van der Waals surface area contributed by atoms with E-state index in [1.807, 2.05) is 13.0 Å². The summed E-state index contributed by atoms with van der Waals surface area (Å²) in [5.74, 6) is 0.297. The number of hydrogen-bond acceptors (Lipinski definition) is 2. The largest absolute Gasteiger partial charge is 0.505 e. The number of halogens is 1. The van der Waals surface area contributed by atoms with Crippen molar-refractivity contribution < 1.29 is 5.11 Å². The lowest BCUT2D eigenvalue weighted by Crippen LogP contribution is -1.88. The van der Waals surface area contributed by atoms with Gasteiger partial charge >= 0.3 is 0 Å². The minimum absolute atomic E-state index is 0.297. The van der Waals surface area contributed by atoms with Crippen LogP contribution < -0.4 is 0 Å². The molecular formula is C7H8INO. The van der Waals surface area contributed by atoms with E-state index in [9.17, 15) is 5.11 Å². The molecule has 0 bridgehead atoms. The van der Waals surface area contributed by atoms with Gasteiger partial charge in [0.2, 0.25) is 0 Å². The zero-order chi connectivity index (χ0) is 7.72. The van der Waals surface area contributed by atoms with Crippen molar-refractivity contribution in [1.29, 1.82) is 0 Å². The first-order valence-electron chi connectivity index (χ1n) is 2.94. The van der Waals surface area contributed by atoms with Crippen LogP contribution >= 0.6 is 22.6 Å². The standard InChI is InChI=1S/C7H8INO/c1-4-3-6(8)7(10)5(2)9-4/h3,10H,1-2H3. The van der Waals surface area contributed by atoms with E-state index in [0.717, 1.165) is 9.26 Å². The predicted octanol–water partition coefficient (Wildman–Crippen LogP) is 2.01. The molecule has 0 radical (unpaired) electrons. The van der Waals surface area contributed by atoms with Crippen LogP contribution in [-0.2, 0) is 0 Å². The van der Waals surface area contributed by atoms with E-state index >= 15 is 0 Å². The van der Waals surface area contributed by atoms with Crippen LogP contribution in [0.1, 0.15) is 11.4 Å². The zero-order valence-electron chi connectivity index (χ0n) is 5.85. The Labute approximate surface area is 73.4 Å². The molecule has 0 aromatic carbocycles. The Morgan fingerprint density at radius 1 is 1.50 bits per heavy atom. The molecule has 1 N–H and O–H groups in total. The molecule has 0 aliphatic heterocycles. The van der Waals surface area contributed by atoms with Crippen LogP contribution in [0, 0.1) is 17.4 Å². The second-order valence-electron chi connectivity index (χ2n) is 2.18. The molecule has 1 heterocycles. The van der Waals surface area contributed by atoms with Crippen molar-refractivity contribution in [3.8, 4) is 5.75 Å². The van der Waals surface area contributed by atoms with Crippen molar-refractivity contribution in [2.75, 3.05) is 0 Å². The van der Waals surface area contributed by atoms with E-state index in [-0.39, 0.29) is 0 Å². The van der Waals surface area contributed by atoms with E-state index < -0.39 is 0 Å². The van der Waals surface area contributed by atoms with Crippen molar-refractivity contribution in [3.05, 3.63) is 21.0 Å². The van der Waals surface area contributed by atoms with Gasteiger partial charge in [-0.15, -0.1) is 0 Å². The smallest absolute Gasteiger partial charge is 0.150 e. The minimum Gasteiger partial charge on any atom is -0.505 e. The van der Waals surface area contributed by atoms with Gasteiger partial charge in [0.15, 0.2) is 0 Å². The number of aromatic hydroxyl groups is 1.